The quantitative estimate of drug-likeness (QED) is 0.763. The third-order valence-corrected chi connectivity index (χ3v) is 1.88. The average molecular weight is 192 g/mol. The third-order valence-electron chi connectivity index (χ3n) is 1.88. The molecule has 0 heterocycles. The van der Waals surface area contributed by atoms with Crippen LogP contribution >= 0.6 is 0 Å². The Morgan fingerprint density at radius 3 is 2.64 bits per heavy atom. The molecular weight excluding hydrogens is 176 g/mol. The van der Waals surface area contributed by atoms with Gasteiger partial charge in [0.05, 0.1) is 0 Å². The second kappa shape index (κ2) is 5.40. The topological polar surface area (TPSA) is 55.1 Å². The van der Waals surface area contributed by atoms with E-state index in [0.29, 0.717) is 6.42 Å². The number of carbonyl (C=O) groups is 1. The van der Waals surface area contributed by atoms with Gasteiger partial charge in [0.15, 0.2) is 0 Å². The molecule has 0 aliphatic rings. The zero-order valence-corrected chi connectivity index (χ0v) is 8.36. The Balaban J connectivity index is 2.35. The number of hydrogen-bond donors (Lipinski definition) is 2. The fraction of sp³-hybridized carbons (Fsp3) is 0.364. The van der Waals surface area contributed by atoms with Gasteiger partial charge in [-0.3, -0.25) is 4.79 Å². The maximum Gasteiger partial charge on any atom is 0.224 e. The van der Waals surface area contributed by atoms with Gasteiger partial charge < -0.3 is 11.1 Å². The standard InChI is InChI=1S/C11H16N2O/c1-9(12)7-8-11(14)13-10-5-3-2-4-6-10/h2-6,9H,7-8,12H2,1H3,(H,13,14)/t9-/m1/s1. The lowest BCUT2D eigenvalue weighted by Gasteiger charge is -2.06. The highest BCUT2D eigenvalue weighted by Gasteiger charge is 2.03. The van der Waals surface area contributed by atoms with Crippen molar-refractivity contribution in [3.63, 3.8) is 0 Å². The molecule has 3 nitrogen and oxygen atoms in total. The van der Waals surface area contributed by atoms with E-state index in [2.05, 4.69) is 5.32 Å². The molecule has 0 aliphatic heterocycles. The Morgan fingerprint density at radius 2 is 2.07 bits per heavy atom. The lowest BCUT2D eigenvalue weighted by Crippen LogP contribution is -2.19. The van der Waals surface area contributed by atoms with E-state index in [4.69, 9.17) is 5.73 Å². The fourth-order valence-electron chi connectivity index (χ4n) is 1.10. The van der Waals surface area contributed by atoms with Crippen LogP contribution in [0.4, 0.5) is 5.69 Å². The number of hydrogen-bond acceptors (Lipinski definition) is 2. The van der Waals surface area contributed by atoms with Crippen LogP contribution in [-0.4, -0.2) is 11.9 Å². The molecule has 0 radical (unpaired) electrons. The summed E-state index contributed by atoms with van der Waals surface area (Å²) in [6.07, 6.45) is 1.20. The molecule has 0 saturated heterocycles. The first-order valence-electron chi connectivity index (χ1n) is 4.79. The van der Waals surface area contributed by atoms with Gasteiger partial charge in [0.1, 0.15) is 0 Å². The molecule has 1 atom stereocenters. The highest BCUT2D eigenvalue weighted by molar-refractivity contribution is 5.90. The van der Waals surface area contributed by atoms with Crippen molar-refractivity contribution >= 4 is 11.6 Å². The summed E-state index contributed by atoms with van der Waals surface area (Å²) < 4.78 is 0. The molecule has 3 heteroatoms. The summed E-state index contributed by atoms with van der Waals surface area (Å²) >= 11 is 0. The van der Waals surface area contributed by atoms with Crippen LogP contribution in [0.1, 0.15) is 19.8 Å². The lowest BCUT2D eigenvalue weighted by molar-refractivity contribution is -0.116. The van der Waals surface area contributed by atoms with E-state index in [1.807, 2.05) is 37.3 Å². The van der Waals surface area contributed by atoms with Crippen LogP contribution in [0.2, 0.25) is 0 Å². The van der Waals surface area contributed by atoms with E-state index < -0.39 is 0 Å². The molecular formula is C11H16N2O. The summed E-state index contributed by atoms with van der Waals surface area (Å²) in [7, 11) is 0. The first-order chi connectivity index (χ1) is 6.68. The highest BCUT2D eigenvalue weighted by atomic mass is 16.1. The van der Waals surface area contributed by atoms with Crippen molar-refractivity contribution in [3.8, 4) is 0 Å². The minimum Gasteiger partial charge on any atom is -0.328 e. The molecule has 3 N–H and O–H groups in total. The van der Waals surface area contributed by atoms with E-state index in [0.717, 1.165) is 12.1 Å². The van der Waals surface area contributed by atoms with E-state index in [-0.39, 0.29) is 11.9 Å². The summed E-state index contributed by atoms with van der Waals surface area (Å²) in [6.45, 7) is 1.90. The van der Waals surface area contributed by atoms with Crippen LogP contribution in [-0.2, 0) is 4.79 Å². The van der Waals surface area contributed by atoms with Gasteiger partial charge in [-0.05, 0) is 25.5 Å². The molecule has 76 valence electrons. The first kappa shape index (κ1) is 10.7. The molecule has 0 bridgehead atoms. The van der Waals surface area contributed by atoms with Crippen LogP contribution in [0.5, 0.6) is 0 Å². The minimum absolute atomic E-state index is 0.0218. The molecule has 0 saturated carbocycles. The van der Waals surface area contributed by atoms with E-state index in [1.165, 1.54) is 0 Å². The molecule has 1 aromatic carbocycles. The van der Waals surface area contributed by atoms with E-state index in [9.17, 15) is 4.79 Å². The summed E-state index contributed by atoms with van der Waals surface area (Å²) in [5, 5.41) is 2.80. The molecule has 0 aromatic heterocycles. The van der Waals surface area contributed by atoms with Gasteiger partial charge >= 0.3 is 0 Å². The Morgan fingerprint density at radius 1 is 1.43 bits per heavy atom. The largest absolute Gasteiger partial charge is 0.328 e. The number of para-hydroxylation sites is 1. The van der Waals surface area contributed by atoms with Crippen molar-refractivity contribution in [2.24, 2.45) is 5.73 Å². The predicted octanol–water partition coefficient (Wildman–Crippen LogP) is 1.75. The van der Waals surface area contributed by atoms with Crippen molar-refractivity contribution in [1.29, 1.82) is 0 Å². The number of nitrogens with one attached hydrogen (secondary N) is 1. The highest BCUT2D eigenvalue weighted by Crippen LogP contribution is 2.06. The van der Waals surface area contributed by atoms with Crippen molar-refractivity contribution in [1.82, 2.24) is 0 Å². The van der Waals surface area contributed by atoms with Crippen LogP contribution < -0.4 is 11.1 Å². The van der Waals surface area contributed by atoms with Gasteiger partial charge in [0.2, 0.25) is 5.91 Å². The Kier molecular flexibility index (Phi) is 4.13. The van der Waals surface area contributed by atoms with Crippen LogP contribution in [0.15, 0.2) is 30.3 Å². The van der Waals surface area contributed by atoms with Gasteiger partial charge in [0.25, 0.3) is 0 Å². The van der Waals surface area contributed by atoms with Crippen molar-refractivity contribution in [2.45, 2.75) is 25.8 Å². The second-order valence-corrected chi connectivity index (χ2v) is 3.43. The molecule has 0 spiro atoms. The predicted molar refractivity (Wildman–Crippen MR) is 58.0 cm³/mol. The number of carbonyl (C=O) groups excluding carboxylic acids is 1. The molecule has 1 aromatic rings. The Bertz CT molecular complexity index is 283. The second-order valence-electron chi connectivity index (χ2n) is 3.43. The maximum absolute atomic E-state index is 11.4. The molecule has 0 aliphatic carbocycles. The molecule has 1 rings (SSSR count). The van der Waals surface area contributed by atoms with Crippen molar-refractivity contribution in [3.05, 3.63) is 30.3 Å². The van der Waals surface area contributed by atoms with Gasteiger partial charge in [-0.2, -0.15) is 0 Å². The van der Waals surface area contributed by atoms with Crippen LogP contribution in [0, 0.1) is 0 Å². The van der Waals surface area contributed by atoms with Crippen molar-refractivity contribution < 1.29 is 4.79 Å². The van der Waals surface area contributed by atoms with Gasteiger partial charge in [-0.15, -0.1) is 0 Å². The van der Waals surface area contributed by atoms with Gasteiger partial charge in [0, 0.05) is 18.2 Å². The molecule has 1 amide bonds. The first-order valence-corrected chi connectivity index (χ1v) is 4.79. The fourth-order valence-corrected chi connectivity index (χ4v) is 1.10. The smallest absolute Gasteiger partial charge is 0.224 e. The zero-order chi connectivity index (χ0) is 10.4. The van der Waals surface area contributed by atoms with E-state index in [1.54, 1.807) is 0 Å². The Labute approximate surface area is 84.3 Å². The monoisotopic (exact) mass is 192 g/mol. The number of benzene rings is 1. The summed E-state index contributed by atoms with van der Waals surface area (Å²) in [5.74, 6) is 0.0218. The summed E-state index contributed by atoms with van der Waals surface area (Å²) in [6, 6.07) is 9.50. The zero-order valence-electron chi connectivity index (χ0n) is 8.36. The Hall–Kier alpha value is -1.35. The minimum atomic E-state index is 0.0218. The molecule has 14 heavy (non-hydrogen) atoms. The third kappa shape index (κ3) is 4.05. The van der Waals surface area contributed by atoms with E-state index >= 15 is 0 Å². The number of amides is 1. The normalized spacial score (nSPS) is 12.1. The van der Waals surface area contributed by atoms with Gasteiger partial charge in [-0.25, -0.2) is 0 Å². The number of anilines is 1. The number of nitrogens with two attached hydrogens (primary N) is 1. The lowest BCUT2D eigenvalue weighted by atomic mass is 10.2. The van der Waals surface area contributed by atoms with Gasteiger partial charge in [-0.1, -0.05) is 18.2 Å². The SMILES string of the molecule is C[C@@H](N)CCC(=O)Nc1ccccc1. The molecule has 0 fully saturated rings. The van der Waals surface area contributed by atoms with Crippen molar-refractivity contribution in [2.75, 3.05) is 5.32 Å². The summed E-state index contributed by atoms with van der Waals surface area (Å²) in [5.41, 5.74) is 6.39. The number of rotatable bonds is 4. The molecule has 0 unspecified atom stereocenters. The maximum atomic E-state index is 11.4. The van der Waals surface area contributed by atoms with Crippen LogP contribution in [0.3, 0.4) is 0 Å². The average Bonchev–Trinajstić information content (AvgIpc) is 2.16. The summed E-state index contributed by atoms with van der Waals surface area (Å²) in [4.78, 5) is 11.4. The van der Waals surface area contributed by atoms with Crippen LogP contribution in [0.25, 0.3) is 0 Å².